The van der Waals surface area contributed by atoms with Crippen molar-refractivity contribution in [2.75, 3.05) is 0 Å². The first-order valence-electron chi connectivity index (χ1n) is 14.4. The van der Waals surface area contributed by atoms with E-state index >= 15 is 0 Å². The van der Waals surface area contributed by atoms with Crippen LogP contribution in [0.2, 0.25) is 0 Å². The smallest absolute Gasteiger partial charge is 0.289 e. The van der Waals surface area contributed by atoms with Crippen molar-refractivity contribution in [3.8, 4) is 0 Å². The van der Waals surface area contributed by atoms with Gasteiger partial charge in [-0.1, -0.05) is 166 Å². The molecule has 0 fully saturated rings. The molecular formula is C40H48CaO. The van der Waals surface area contributed by atoms with Crippen molar-refractivity contribution in [3.63, 3.8) is 0 Å². The third-order valence-electron chi connectivity index (χ3n) is 8.64. The van der Waals surface area contributed by atoms with Crippen molar-refractivity contribution in [1.82, 2.24) is 0 Å². The van der Waals surface area contributed by atoms with E-state index in [1.807, 2.05) is 78.9 Å². The van der Waals surface area contributed by atoms with Crippen LogP contribution in [-0.2, 0) is 0 Å². The summed E-state index contributed by atoms with van der Waals surface area (Å²) in [7, 11) is 0. The van der Waals surface area contributed by atoms with Crippen molar-refractivity contribution < 1.29 is 4.79 Å². The Bertz CT molecular complexity index is 1260. The largest absolute Gasteiger partial charge is 2.00 e. The van der Waals surface area contributed by atoms with E-state index in [2.05, 4.69) is 88.3 Å². The zero-order valence-electron chi connectivity index (χ0n) is 27.8. The molecule has 0 aliphatic rings. The molecule has 0 unspecified atom stereocenters. The van der Waals surface area contributed by atoms with Crippen LogP contribution in [0.1, 0.15) is 77.1 Å². The van der Waals surface area contributed by atoms with Crippen molar-refractivity contribution in [2.45, 2.75) is 76.2 Å². The van der Waals surface area contributed by atoms with Crippen LogP contribution in [0, 0.1) is 76.2 Å². The summed E-state index contributed by atoms with van der Waals surface area (Å²) < 4.78 is 0. The Hall–Kier alpha value is -2.71. The fraction of sp³-hybridized carbons (Fsp3) is 0.275. The Kier molecular flexibility index (Phi) is 16.0. The van der Waals surface area contributed by atoms with Crippen LogP contribution in [0.5, 0.6) is 0 Å². The van der Waals surface area contributed by atoms with E-state index in [4.69, 9.17) is 0 Å². The van der Waals surface area contributed by atoms with Crippen LogP contribution < -0.4 is 0 Å². The molecule has 0 amide bonds. The third-order valence-corrected chi connectivity index (χ3v) is 8.64. The van der Waals surface area contributed by atoms with E-state index < -0.39 is 0 Å². The van der Waals surface area contributed by atoms with E-state index in [9.17, 15) is 4.79 Å². The minimum Gasteiger partial charge on any atom is -0.289 e. The van der Waals surface area contributed by atoms with E-state index in [-0.39, 0.29) is 43.5 Å². The summed E-state index contributed by atoms with van der Waals surface area (Å²) in [6, 6.07) is 28.9. The van der Waals surface area contributed by atoms with Gasteiger partial charge in [0.05, 0.1) is 0 Å². The number of hydrogen-bond donors (Lipinski definition) is 0. The van der Waals surface area contributed by atoms with Crippen molar-refractivity contribution in [1.29, 1.82) is 0 Å². The molecule has 0 N–H and O–H groups in total. The van der Waals surface area contributed by atoms with Gasteiger partial charge in [0.15, 0.2) is 5.78 Å². The van der Waals surface area contributed by atoms with Crippen LogP contribution >= 0.6 is 0 Å². The first kappa shape index (κ1) is 37.3. The fourth-order valence-corrected chi connectivity index (χ4v) is 4.69. The summed E-state index contributed by atoms with van der Waals surface area (Å²) >= 11 is 0. The van der Waals surface area contributed by atoms with Gasteiger partial charge in [0.25, 0.3) is 0 Å². The van der Waals surface area contributed by atoms with Crippen LogP contribution in [0.4, 0.5) is 0 Å². The van der Waals surface area contributed by atoms with E-state index in [0.29, 0.717) is 0 Å². The molecule has 42 heavy (non-hydrogen) atoms. The molecule has 0 aliphatic carbocycles. The average Bonchev–Trinajstić information content (AvgIpc) is 3.28. The second kappa shape index (κ2) is 18.1. The van der Waals surface area contributed by atoms with E-state index in [0.717, 1.165) is 11.1 Å². The van der Waals surface area contributed by atoms with Gasteiger partial charge in [-0.25, -0.2) is 0 Å². The Morgan fingerprint density at radius 2 is 0.667 bits per heavy atom. The van der Waals surface area contributed by atoms with Gasteiger partial charge in [-0.3, -0.25) is 4.79 Å². The Balaban J connectivity index is 0.000000286. The SMILES string of the molecule is Cc1c(C)c(C)[c-](C)c1C.Cc1c(C)c(C)[c-](C)c1C.Cc1ccccc1.O=C(c1ccccc1)c1ccccc1.[Ca+2]. The van der Waals surface area contributed by atoms with E-state index in [1.54, 1.807) is 0 Å². The minimum absolute atomic E-state index is 0. The second-order valence-electron chi connectivity index (χ2n) is 11.0. The maximum Gasteiger partial charge on any atom is 2.00 e. The van der Waals surface area contributed by atoms with Crippen LogP contribution in [0.3, 0.4) is 0 Å². The van der Waals surface area contributed by atoms with Gasteiger partial charge in [0.1, 0.15) is 0 Å². The molecule has 2 heteroatoms. The van der Waals surface area contributed by atoms with Crippen LogP contribution in [0.15, 0.2) is 91.0 Å². The summed E-state index contributed by atoms with van der Waals surface area (Å²) in [5, 5.41) is 0. The molecule has 0 saturated carbocycles. The Labute approximate surface area is 285 Å². The molecule has 0 radical (unpaired) electrons. The van der Waals surface area contributed by atoms with Crippen molar-refractivity contribution >= 4 is 43.5 Å². The standard InChI is InChI=1S/C13H10O.2C10H15.C7H8.Ca/c14-13(11-7-3-1-4-8-11)12-9-5-2-6-10-12;2*1-6-7(2)9(4)10(5)8(6)3;1-7-5-3-2-4-6-7;/h1-10H;2*1-5H3;2-6H,1H3;/q;2*-1;;+2. The molecule has 0 heterocycles. The van der Waals surface area contributed by atoms with Crippen LogP contribution in [-0.4, -0.2) is 43.5 Å². The first-order chi connectivity index (χ1) is 19.4. The number of aryl methyl sites for hydroxylation is 1. The molecule has 5 rings (SSSR count). The minimum atomic E-state index is 0. The molecule has 0 aromatic heterocycles. The topological polar surface area (TPSA) is 17.1 Å². The number of rotatable bonds is 2. The predicted molar refractivity (Wildman–Crippen MR) is 185 cm³/mol. The molecule has 216 valence electrons. The molecule has 0 aliphatic heterocycles. The van der Waals surface area contributed by atoms with Gasteiger partial charge in [-0.15, -0.1) is 0 Å². The molecule has 0 saturated heterocycles. The summed E-state index contributed by atoms with van der Waals surface area (Å²) in [6.45, 7) is 24.1. The number of ketones is 1. The zero-order chi connectivity index (χ0) is 30.7. The van der Waals surface area contributed by atoms with Gasteiger partial charge < -0.3 is 0 Å². The average molecular weight is 585 g/mol. The van der Waals surface area contributed by atoms with Gasteiger partial charge in [0, 0.05) is 11.1 Å². The maximum absolute atomic E-state index is 11.8. The molecule has 0 spiro atoms. The molecule has 0 atom stereocenters. The summed E-state index contributed by atoms with van der Waals surface area (Å²) in [5.74, 6) is 0.0752. The van der Waals surface area contributed by atoms with Gasteiger partial charge in [-0.05, 0) is 6.92 Å². The molecule has 5 aromatic rings. The van der Waals surface area contributed by atoms with Gasteiger partial charge in [-0.2, -0.15) is 55.6 Å². The van der Waals surface area contributed by atoms with E-state index in [1.165, 1.54) is 61.2 Å². The van der Waals surface area contributed by atoms with Gasteiger partial charge in [0.2, 0.25) is 0 Å². The van der Waals surface area contributed by atoms with Crippen molar-refractivity contribution in [2.24, 2.45) is 0 Å². The zero-order valence-corrected chi connectivity index (χ0v) is 30.0. The molecule has 0 bridgehead atoms. The molecule has 5 aromatic carbocycles. The second-order valence-corrected chi connectivity index (χ2v) is 11.0. The quantitative estimate of drug-likeness (QED) is 0.115. The fourth-order valence-electron chi connectivity index (χ4n) is 4.69. The third kappa shape index (κ3) is 10.2. The number of carbonyl (C=O) groups is 1. The Morgan fingerprint density at radius 3 is 0.833 bits per heavy atom. The Morgan fingerprint density at radius 1 is 0.429 bits per heavy atom. The first-order valence-corrected chi connectivity index (χ1v) is 14.4. The monoisotopic (exact) mass is 584 g/mol. The van der Waals surface area contributed by atoms with Gasteiger partial charge >= 0.3 is 37.7 Å². The number of benzene rings is 3. The predicted octanol–water partition coefficient (Wildman–Crippen LogP) is 10.4. The number of carbonyl (C=O) groups excluding carboxylic acids is 1. The number of hydrogen-bond acceptors (Lipinski definition) is 1. The summed E-state index contributed by atoms with van der Waals surface area (Å²) in [5.41, 5.74) is 17.5. The van der Waals surface area contributed by atoms with Crippen LogP contribution in [0.25, 0.3) is 0 Å². The summed E-state index contributed by atoms with van der Waals surface area (Å²) in [6.07, 6.45) is 0. The normalized spacial score (nSPS) is 9.69. The maximum atomic E-state index is 11.8. The molecule has 1 nitrogen and oxygen atoms in total. The summed E-state index contributed by atoms with van der Waals surface area (Å²) in [4.78, 5) is 11.8. The van der Waals surface area contributed by atoms with Crippen molar-refractivity contribution in [3.05, 3.63) is 163 Å². The molecular weight excluding hydrogens is 537 g/mol.